The van der Waals surface area contributed by atoms with E-state index >= 15 is 0 Å². The van der Waals surface area contributed by atoms with Crippen molar-refractivity contribution in [3.05, 3.63) is 101 Å². The summed E-state index contributed by atoms with van der Waals surface area (Å²) in [6.45, 7) is 4.06. The van der Waals surface area contributed by atoms with E-state index in [1.54, 1.807) is 12.1 Å². The highest BCUT2D eigenvalue weighted by Crippen LogP contribution is 2.56. The third kappa shape index (κ3) is 3.35. The first-order valence-electron chi connectivity index (χ1n) is 13.7. The predicted molar refractivity (Wildman–Crippen MR) is 152 cm³/mol. The number of allylic oxidation sites excluding steroid dienone is 1. The first-order valence-corrected chi connectivity index (χ1v) is 13.7. The molecule has 4 atom stereocenters. The molecule has 0 N–H and O–H groups in total. The summed E-state index contributed by atoms with van der Waals surface area (Å²) in [5, 5.41) is 1.93. The van der Waals surface area contributed by atoms with E-state index in [1.165, 1.54) is 4.90 Å². The topological polar surface area (TPSA) is 82.1 Å². The smallest absolute Gasteiger partial charge is 0.319 e. The summed E-state index contributed by atoms with van der Waals surface area (Å²) < 4.78 is 17.1. The number of ether oxygens (including phenoxy) is 3. The molecule has 0 unspecified atom stereocenters. The molecule has 0 radical (unpaired) electrons. The number of hydrogen-bond donors (Lipinski definition) is 0. The Hall–Kier alpha value is -4.91. The highest BCUT2D eigenvalue weighted by Gasteiger charge is 2.60. The van der Waals surface area contributed by atoms with E-state index in [-0.39, 0.29) is 18.6 Å². The normalized spacial score (nSPS) is 24.1. The van der Waals surface area contributed by atoms with Crippen molar-refractivity contribution in [3.8, 4) is 17.2 Å². The summed E-state index contributed by atoms with van der Waals surface area (Å²) in [4.78, 5) is 43.5. The van der Waals surface area contributed by atoms with Crippen LogP contribution < -0.4 is 19.1 Å². The maximum atomic E-state index is 14.3. The second-order valence-corrected chi connectivity index (χ2v) is 11.2. The van der Waals surface area contributed by atoms with Gasteiger partial charge in [0.05, 0.1) is 23.4 Å². The largest absolute Gasteiger partial charge is 0.454 e. The minimum absolute atomic E-state index is 0.127. The number of carbonyl (C=O) groups is 3. The summed E-state index contributed by atoms with van der Waals surface area (Å²) in [7, 11) is 0. The Bertz CT molecular complexity index is 1870. The zero-order chi connectivity index (χ0) is 28.0. The van der Waals surface area contributed by atoms with Gasteiger partial charge in [-0.05, 0) is 77.2 Å². The average molecular weight is 544 g/mol. The van der Waals surface area contributed by atoms with Crippen LogP contribution in [0.3, 0.4) is 0 Å². The molecule has 8 rings (SSSR count). The Morgan fingerprint density at radius 3 is 2.39 bits per heavy atom. The van der Waals surface area contributed by atoms with Crippen LogP contribution in [0.2, 0.25) is 0 Å². The molecule has 41 heavy (non-hydrogen) atoms. The highest BCUT2D eigenvalue weighted by molar-refractivity contribution is 6.25. The van der Waals surface area contributed by atoms with Crippen LogP contribution in [-0.2, 0) is 14.4 Å². The highest BCUT2D eigenvalue weighted by atomic mass is 16.7. The lowest BCUT2D eigenvalue weighted by molar-refractivity contribution is -0.142. The van der Waals surface area contributed by atoms with E-state index < -0.39 is 29.6 Å². The molecule has 0 spiro atoms. The average Bonchev–Trinajstić information content (AvgIpc) is 3.55. The maximum absolute atomic E-state index is 14.3. The lowest BCUT2D eigenvalue weighted by Gasteiger charge is -2.38. The van der Waals surface area contributed by atoms with Crippen molar-refractivity contribution < 1.29 is 28.6 Å². The van der Waals surface area contributed by atoms with Gasteiger partial charge in [-0.2, -0.15) is 0 Å². The number of esters is 1. The predicted octanol–water partition coefficient (Wildman–Crippen LogP) is 5.71. The van der Waals surface area contributed by atoms with Crippen LogP contribution in [0.25, 0.3) is 16.3 Å². The van der Waals surface area contributed by atoms with Gasteiger partial charge in [-0.15, -0.1) is 0 Å². The maximum Gasteiger partial charge on any atom is 0.319 e. The number of nitrogens with zero attached hydrogens (tertiary/aromatic N) is 1. The van der Waals surface area contributed by atoms with Crippen molar-refractivity contribution in [2.45, 2.75) is 19.8 Å². The number of rotatable bonds is 2. The van der Waals surface area contributed by atoms with Gasteiger partial charge in [-0.1, -0.05) is 48.5 Å². The minimum Gasteiger partial charge on any atom is -0.454 e. The summed E-state index contributed by atoms with van der Waals surface area (Å²) in [5.74, 6) is -2.62. The zero-order valence-electron chi connectivity index (χ0n) is 22.4. The van der Waals surface area contributed by atoms with Crippen molar-refractivity contribution in [2.24, 2.45) is 17.8 Å². The molecule has 2 amide bonds. The first kappa shape index (κ1) is 23.9. The molecule has 0 saturated carbocycles. The van der Waals surface area contributed by atoms with E-state index in [0.29, 0.717) is 22.9 Å². The number of imide groups is 1. The summed E-state index contributed by atoms with van der Waals surface area (Å²) in [6, 6.07) is 22.8. The number of anilines is 1. The number of fused-ring (bicyclic) bond motifs is 8. The van der Waals surface area contributed by atoms with Crippen LogP contribution >= 0.6 is 0 Å². The Balaban J connectivity index is 1.36. The van der Waals surface area contributed by atoms with Crippen LogP contribution in [0, 0.1) is 31.6 Å². The second-order valence-electron chi connectivity index (χ2n) is 11.2. The van der Waals surface area contributed by atoms with Gasteiger partial charge >= 0.3 is 5.97 Å². The molecular formula is C34H25NO6. The molecule has 3 heterocycles. The van der Waals surface area contributed by atoms with Gasteiger partial charge in [0.15, 0.2) is 11.5 Å². The lowest BCUT2D eigenvalue weighted by Crippen LogP contribution is -2.42. The molecule has 0 bridgehead atoms. The molecule has 0 aromatic heterocycles. The first-order chi connectivity index (χ1) is 19.9. The fourth-order valence-corrected chi connectivity index (χ4v) is 6.90. The Morgan fingerprint density at radius 2 is 1.54 bits per heavy atom. The molecule has 7 heteroatoms. The monoisotopic (exact) mass is 543 g/mol. The van der Waals surface area contributed by atoms with E-state index in [2.05, 4.69) is 0 Å². The van der Waals surface area contributed by atoms with Crippen LogP contribution in [0.4, 0.5) is 5.69 Å². The summed E-state index contributed by atoms with van der Waals surface area (Å²) in [5.41, 5.74) is 4.88. The van der Waals surface area contributed by atoms with E-state index in [1.807, 2.05) is 80.6 Å². The van der Waals surface area contributed by atoms with Crippen LogP contribution in [0.1, 0.15) is 28.2 Å². The third-order valence-electron chi connectivity index (χ3n) is 9.01. The number of amides is 2. The van der Waals surface area contributed by atoms with Crippen molar-refractivity contribution in [2.75, 3.05) is 11.7 Å². The SMILES string of the molecule is Cc1ccc(N2C(=O)[C@@H]3[C@@H]4C(=O)Oc5ccc6ccccc6c5C4=C[C@@H](c4ccc5c(c4)OCO5)[C@@H]3C2=O)cc1C. The minimum atomic E-state index is -0.917. The molecule has 4 aromatic carbocycles. The van der Waals surface area contributed by atoms with Crippen molar-refractivity contribution in [1.29, 1.82) is 0 Å². The van der Waals surface area contributed by atoms with Crippen LogP contribution in [0.5, 0.6) is 17.2 Å². The fourth-order valence-electron chi connectivity index (χ4n) is 6.90. The molecule has 1 fully saturated rings. The van der Waals surface area contributed by atoms with Crippen molar-refractivity contribution in [1.82, 2.24) is 0 Å². The molecule has 1 saturated heterocycles. The fraction of sp³-hybridized carbons (Fsp3) is 0.206. The molecule has 3 aliphatic heterocycles. The molecule has 4 aromatic rings. The Kier molecular flexibility index (Phi) is 4.99. The van der Waals surface area contributed by atoms with Gasteiger partial charge in [0.25, 0.3) is 0 Å². The van der Waals surface area contributed by atoms with Crippen molar-refractivity contribution >= 4 is 39.8 Å². The summed E-state index contributed by atoms with van der Waals surface area (Å²) >= 11 is 0. The number of hydrogen-bond acceptors (Lipinski definition) is 6. The second kappa shape index (κ2) is 8.54. The van der Waals surface area contributed by atoms with E-state index in [9.17, 15) is 14.4 Å². The molecular weight excluding hydrogens is 518 g/mol. The van der Waals surface area contributed by atoms with Crippen molar-refractivity contribution in [3.63, 3.8) is 0 Å². The summed E-state index contributed by atoms with van der Waals surface area (Å²) in [6.07, 6.45) is 2.00. The Labute approximate surface area is 235 Å². The quantitative estimate of drug-likeness (QED) is 0.183. The molecule has 4 aliphatic rings. The Morgan fingerprint density at radius 1 is 0.756 bits per heavy atom. The van der Waals surface area contributed by atoms with E-state index in [4.69, 9.17) is 14.2 Å². The molecule has 202 valence electrons. The number of carbonyl (C=O) groups excluding carboxylic acids is 3. The van der Waals surface area contributed by atoms with Gasteiger partial charge in [0.1, 0.15) is 5.75 Å². The lowest BCUT2D eigenvalue weighted by atomic mass is 9.64. The van der Waals surface area contributed by atoms with Gasteiger partial charge in [-0.3, -0.25) is 14.4 Å². The van der Waals surface area contributed by atoms with Gasteiger partial charge in [0.2, 0.25) is 18.6 Å². The van der Waals surface area contributed by atoms with Gasteiger partial charge < -0.3 is 14.2 Å². The zero-order valence-corrected chi connectivity index (χ0v) is 22.4. The van der Waals surface area contributed by atoms with Gasteiger partial charge in [0, 0.05) is 11.5 Å². The molecule has 1 aliphatic carbocycles. The third-order valence-corrected chi connectivity index (χ3v) is 9.01. The standard InChI is InChI=1S/C34H25NO6/c1-17-7-10-21(13-18(17)2)35-32(36)29-23(20-9-11-25-27(14-20)40-16-39-25)15-24-28-22-6-4-3-5-19(22)8-12-26(28)41-34(38)30(24)31(29)33(35)37/h3-15,23,29-31H,16H2,1-2H3/t23-,29-,30+,31-/m0/s1. The van der Waals surface area contributed by atoms with Crippen LogP contribution in [-0.4, -0.2) is 24.6 Å². The number of benzene rings is 4. The number of aryl methyl sites for hydroxylation is 2. The van der Waals surface area contributed by atoms with Crippen LogP contribution in [0.15, 0.2) is 78.9 Å². The van der Waals surface area contributed by atoms with Gasteiger partial charge in [-0.25, -0.2) is 4.90 Å². The van der Waals surface area contributed by atoms with E-state index in [0.717, 1.165) is 38.6 Å². The molecule has 7 nitrogen and oxygen atoms in total.